The van der Waals surface area contributed by atoms with Gasteiger partial charge in [0, 0.05) is 19.0 Å². The summed E-state index contributed by atoms with van der Waals surface area (Å²) in [6.07, 6.45) is 1.81. The molecule has 1 fully saturated rings. The van der Waals surface area contributed by atoms with E-state index < -0.39 is 0 Å². The first-order valence-electron chi connectivity index (χ1n) is 8.43. The maximum absolute atomic E-state index is 13.0. The van der Waals surface area contributed by atoms with Gasteiger partial charge in [-0.25, -0.2) is 0 Å². The minimum Gasteiger partial charge on any atom is -0.497 e. The van der Waals surface area contributed by atoms with Gasteiger partial charge in [-0.3, -0.25) is 9.59 Å². The van der Waals surface area contributed by atoms with Crippen molar-refractivity contribution in [2.24, 2.45) is 0 Å². The number of methoxy groups -OCH3 is 2. The van der Waals surface area contributed by atoms with E-state index in [1.807, 2.05) is 23.1 Å². The molecule has 1 aromatic carbocycles. The quantitative estimate of drug-likeness (QED) is 0.866. The lowest BCUT2D eigenvalue weighted by Crippen LogP contribution is -2.30. The van der Waals surface area contributed by atoms with E-state index in [1.54, 1.807) is 26.4 Å². The topological polar surface area (TPSA) is 67.9 Å². The zero-order chi connectivity index (χ0) is 18.7. The van der Waals surface area contributed by atoms with Gasteiger partial charge < -0.3 is 19.7 Å². The van der Waals surface area contributed by atoms with Crippen LogP contribution in [0.4, 0.5) is 5.00 Å². The van der Waals surface area contributed by atoms with Gasteiger partial charge in [0.15, 0.2) is 0 Å². The van der Waals surface area contributed by atoms with E-state index >= 15 is 0 Å². The summed E-state index contributed by atoms with van der Waals surface area (Å²) in [4.78, 5) is 26.7. The molecule has 7 heteroatoms. The molecule has 26 heavy (non-hydrogen) atoms. The molecule has 0 radical (unpaired) electrons. The molecule has 2 heterocycles. The third-order valence-electron chi connectivity index (χ3n) is 4.43. The van der Waals surface area contributed by atoms with Crippen molar-refractivity contribution in [2.75, 3.05) is 26.1 Å². The van der Waals surface area contributed by atoms with Gasteiger partial charge in [-0.15, -0.1) is 11.3 Å². The average molecular weight is 374 g/mol. The van der Waals surface area contributed by atoms with Crippen LogP contribution < -0.4 is 14.8 Å². The first kappa shape index (κ1) is 18.3. The number of anilines is 1. The van der Waals surface area contributed by atoms with Gasteiger partial charge in [-0.2, -0.15) is 0 Å². The number of carbonyl (C=O) groups excluding carboxylic acids is 2. The number of hydrogen-bond donors (Lipinski definition) is 1. The lowest BCUT2D eigenvalue weighted by molar-refractivity contribution is -0.114. The SMILES string of the molecule is COc1ccc(OC)c([C@@H]2CCCN2C(=O)c2ccc(NC(C)=O)s2)c1. The Bertz CT molecular complexity index is 818. The molecular formula is C19H22N2O4S. The Kier molecular flexibility index (Phi) is 5.46. The molecule has 1 atom stereocenters. The van der Waals surface area contributed by atoms with Gasteiger partial charge >= 0.3 is 0 Å². The van der Waals surface area contributed by atoms with Crippen LogP contribution in [0.3, 0.4) is 0 Å². The monoisotopic (exact) mass is 374 g/mol. The number of nitrogens with zero attached hydrogens (tertiary/aromatic N) is 1. The fraction of sp³-hybridized carbons (Fsp3) is 0.368. The largest absolute Gasteiger partial charge is 0.497 e. The Labute approximate surface area is 156 Å². The molecule has 3 rings (SSSR count). The Hall–Kier alpha value is -2.54. The van der Waals surface area contributed by atoms with E-state index in [0.29, 0.717) is 16.4 Å². The van der Waals surface area contributed by atoms with Crippen LogP contribution in [0.15, 0.2) is 30.3 Å². The fourth-order valence-corrected chi connectivity index (χ4v) is 4.18. The van der Waals surface area contributed by atoms with E-state index in [0.717, 1.165) is 29.9 Å². The van der Waals surface area contributed by atoms with E-state index in [-0.39, 0.29) is 17.9 Å². The summed E-state index contributed by atoms with van der Waals surface area (Å²) in [5, 5.41) is 3.40. The van der Waals surface area contributed by atoms with Crippen LogP contribution in [0.25, 0.3) is 0 Å². The highest BCUT2D eigenvalue weighted by Crippen LogP contribution is 2.40. The molecule has 0 aliphatic carbocycles. The summed E-state index contributed by atoms with van der Waals surface area (Å²) in [6.45, 7) is 2.14. The summed E-state index contributed by atoms with van der Waals surface area (Å²) >= 11 is 1.29. The van der Waals surface area contributed by atoms with Crippen molar-refractivity contribution in [1.82, 2.24) is 4.90 Å². The highest BCUT2D eigenvalue weighted by Gasteiger charge is 2.33. The van der Waals surface area contributed by atoms with Crippen molar-refractivity contribution in [3.63, 3.8) is 0 Å². The summed E-state index contributed by atoms with van der Waals surface area (Å²) < 4.78 is 10.8. The smallest absolute Gasteiger partial charge is 0.264 e. The maximum Gasteiger partial charge on any atom is 0.264 e. The molecule has 0 saturated carbocycles. The lowest BCUT2D eigenvalue weighted by Gasteiger charge is -2.26. The molecule has 0 bridgehead atoms. The highest BCUT2D eigenvalue weighted by atomic mass is 32.1. The van der Waals surface area contributed by atoms with Gasteiger partial charge in [0.05, 0.1) is 30.1 Å². The maximum atomic E-state index is 13.0. The van der Waals surface area contributed by atoms with Gasteiger partial charge in [-0.05, 0) is 43.2 Å². The van der Waals surface area contributed by atoms with Crippen LogP contribution in [0.2, 0.25) is 0 Å². The zero-order valence-corrected chi connectivity index (χ0v) is 15.9. The van der Waals surface area contributed by atoms with Crippen LogP contribution in [-0.4, -0.2) is 37.5 Å². The highest BCUT2D eigenvalue weighted by molar-refractivity contribution is 7.18. The number of nitrogens with one attached hydrogen (secondary N) is 1. The van der Waals surface area contributed by atoms with Gasteiger partial charge in [0.2, 0.25) is 5.91 Å². The second-order valence-electron chi connectivity index (χ2n) is 6.11. The molecule has 0 unspecified atom stereocenters. The number of thiophene rings is 1. The Morgan fingerprint density at radius 2 is 2.00 bits per heavy atom. The normalized spacial score (nSPS) is 16.4. The first-order valence-corrected chi connectivity index (χ1v) is 9.25. The third-order valence-corrected chi connectivity index (χ3v) is 5.41. The number of amides is 2. The summed E-state index contributed by atoms with van der Waals surface area (Å²) in [5.74, 6) is 1.31. The molecule has 1 aromatic heterocycles. The molecule has 1 N–H and O–H groups in total. The molecule has 1 aliphatic heterocycles. The Morgan fingerprint density at radius 1 is 1.19 bits per heavy atom. The van der Waals surface area contributed by atoms with Crippen LogP contribution in [0.1, 0.15) is 41.0 Å². The van der Waals surface area contributed by atoms with Crippen molar-refractivity contribution in [2.45, 2.75) is 25.8 Å². The van der Waals surface area contributed by atoms with Crippen molar-refractivity contribution < 1.29 is 19.1 Å². The van der Waals surface area contributed by atoms with Crippen molar-refractivity contribution >= 4 is 28.2 Å². The summed E-state index contributed by atoms with van der Waals surface area (Å²) in [7, 11) is 3.25. The predicted molar refractivity (Wildman–Crippen MR) is 101 cm³/mol. The van der Waals surface area contributed by atoms with Crippen LogP contribution >= 0.6 is 11.3 Å². The standard InChI is InChI=1S/C19H22N2O4S/c1-12(22)20-18-9-8-17(26-18)19(23)21-10-4-5-15(21)14-11-13(24-2)6-7-16(14)25-3/h6-9,11,15H,4-5,10H2,1-3H3,(H,20,22)/t15-/m0/s1. The molecule has 2 aromatic rings. The second kappa shape index (κ2) is 7.78. The van der Waals surface area contributed by atoms with Crippen molar-refractivity contribution in [3.8, 4) is 11.5 Å². The minimum atomic E-state index is -0.147. The predicted octanol–water partition coefficient (Wildman–Crippen LogP) is 3.70. The van der Waals surface area contributed by atoms with Crippen LogP contribution in [-0.2, 0) is 4.79 Å². The van der Waals surface area contributed by atoms with Crippen molar-refractivity contribution in [3.05, 3.63) is 40.8 Å². The first-order chi connectivity index (χ1) is 12.5. The number of ether oxygens (including phenoxy) is 2. The molecule has 0 spiro atoms. The molecule has 138 valence electrons. The average Bonchev–Trinajstić information content (AvgIpc) is 3.29. The van der Waals surface area contributed by atoms with E-state index in [4.69, 9.17) is 9.47 Å². The number of rotatable bonds is 5. The molecule has 1 saturated heterocycles. The number of carbonyl (C=O) groups is 2. The third kappa shape index (κ3) is 3.67. The van der Waals surface area contributed by atoms with Crippen LogP contribution in [0.5, 0.6) is 11.5 Å². The van der Waals surface area contributed by atoms with Crippen molar-refractivity contribution in [1.29, 1.82) is 0 Å². The van der Waals surface area contributed by atoms with Gasteiger partial charge in [0.25, 0.3) is 5.91 Å². The number of hydrogen-bond acceptors (Lipinski definition) is 5. The molecule has 2 amide bonds. The fourth-order valence-electron chi connectivity index (χ4n) is 3.27. The minimum absolute atomic E-state index is 0.0287. The van der Waals surface area contributed by atoms with Crippen LogP contribution in [0, 0.1) is 0 Å². The second-order valence-corrected chi connectivity index (χ2v) is 7.19. The molecule has 6 nitrogen and oxygen atoms in total. The summed E-state index contributed by atoms with van der Waals surface area (Å²) in [5.41, 5.74) is 0.955. The Balaban J connectivity index is 1.87. The number of likely N-dealkylation sites (tertiary alicyclic amines) is 1. The van der Waals surface area contributed by atoms with E-state index in [9.17, 15) is 9.59 Å². The van der Waals surface area contributed by atoms with Gasteiger partial charge in [-0.1, -0.05) is 0 Å². The molecule has 1 aliphatic rings. The van der Waals surface area contributed by atoms with E-state index in [1.165, 1.54) is 18.3 Å². The lowest BCUT2D eigenvalue weighted by atomic mass is 10.0. The number of benzene rings is 1. The molecular weight excluding hydrogens is 352 g/mol. The van der Waals surface area contributed by atoms with Gasteiger partial charge in [0.1, 0.15) is 11.5 Å². The summed E-state index contributed by atoms with van der Waals surface area (Å²) in [6, 6.07) is 9.12. The van der Waals surface area contributed by atoms with E-state index in [2.05, 4.69) is 5.32 Å². The zero-order valence-electron chi connectivity index (χ0n) is 15.1. The Morgan fingerprint density at radius 3 is 2.69 bits per heavy atom.